The Morgan fingerprint density at radius 2 is 1.80 bits per heavy atom. The van der Waals surface area contributed by atoms with E-state index < -0.39 is 0 Å². The van der Waals surface area contributed by atoms with Crippen molar-refractivity contribution in [3.63, 3.8) is 0 Å². The minimum atomic E-state index is -0.0940. The minimum Gasteiger partial charge on any atom is -0.326 e. The molecule has 0 bridgehead atoms. The SMILES string of the molecule is CCc1cccc(C)c1N(CCC(=O)Nc1cccc(C)c1)C(C)=O. The highest BCUT2D eigenvalue weighted by atomic mass is 16.2. The Morgan fingerprint density at radius 3 is 2.44 bits per heavy atom. The van der Waals surface area contributed by atoms with Gasteiger partial charge < -0.3 is 10.2 Å². The molecule has 0 atom stereocenters. The van der Waals surface area contributed by atoms with Crippen molar-refractivity contribution in [2.45, 2.75) is 40.5 Å². The van der Waals surface area contributed by atoms with Gasteiger partial charge in [0.15, 0.2) is 0 Å². The van der Waals surface area contributed by atoms with Crippen LogP contribution in [-0.2, 0) is 16.0 Å². The third-order valence-electron chi connectivity index (χ3n) is 4.22. The first-order valence-corrected chi connectivity index (χ1v) is 8.65. The first-order chi connectivity index (χ1) is 11.9. The van der Waals surface area contributed by atoms with E-state index in [9.17, 15) is 9.59 Å². The van der Waals surface area contributed by atoms with Gasteiger partial charge in [0.25, 0.3) is 0 Å². The number of carbonyl (C=O) groups is 2. The smallest absolute Gasteiger partial charge is 0.226 e. The summed E-state index contributed by atoms with van der Waals surface area (Å²) in [4.78, 5) is 26.2. The van der Waals surface area contributed by atoms with Gasteiger partial charge >= 0.3 is 0 Å². The highest BCUT2D eigenvalue weighted by molar-refractivity contribution is 5.95. The van der Waals surface area contributed by atoms with Gasteiger partial charge in [-0.2, -0.15) is 0 Å². The summed E-state index contributed by atoms with van der Waals surface area (Å²) in [6.45, 7) is 7.96. The molecular weight excluding hydrogens is 312 g/mol. The van der Waals surface area contributed by atoms with Crippen molar-refractivity contribution >= 4 is 23.2 Å². The molecule has 0 saturated heterocycles. The molecule has 2 aromatic rings. The molecule has 0 aliphatic carbocycles. The van der Waals surface area contributed by atoms with Gasteiger partial charge in [0.2, 0.25) is 11.8 Å². The molecule has 132 valence electrons. The molecule has 0 spiro atoms. The van der Waals surface area contributed by atoms with Crippen LogP contribution in [0.5, 0.6) is 0 Å². The van der Waals surface area contributed by atoms with Crippen LogP contribution in [-0.4, -0.2) is 18.4 Å². The van der Waals surface area contributed by atoms with E-state index >= 15 is 0 Å². The number of nitrogens with one attached hydrogen (secondary N) is 1. The lowest BCUT2D eigenvalue weighted by Gasteiger charge is -2.25. The second-order valence-electron chi connectivity index (χ2n) is 6.27. The number of amides is 2. The highest BCUT2D eigenvalue weighted by Gasteiger charge is 2.18. The van der Waals surface area contributed by atoms with Gasteiger partial charge in [-0.1, -0.05) is 37.3 Å². The molecule has 1 N–H and O–H groups in total. The predicted octanol–water partition coefficient (Wildman–Crippen LogP) is 4.25. The van der Waals surface area contributed by atoms with Gasteiger partial charge in [-0.3, -0.25) is 9.59 Å². The monoisotopic (exact) mass is 338 g/mol. The Hall–Kier alpha value is -2.62. The van der Waals surface area contributed by atoms with Crippen LogP contribution < -0.4 is 10.2 Å². The molecular formula is C21H26N2O2. The average Bonchev–Trinajstić information content (AvgIpc) is 2.55. The number of hydrogen-bond acceptors (Lipinski definition) is 2. The number of nitrogens with zero attached hydrogens (tertiary/aromatic N) is 1. The van der Waals surface area contributed by atoms with Crippen LogP contribution in [0.1, 0.15) is 37.0 Å². The molecule has 4 nitrogen and oxygen atoms in total. The maximum atomic E-state index is 12.3. The Morgan fingerprint density at radius 1 is 1.08 bits per heavy atom. The summed E-state index contributed by atoms with van der Waals surface area (Å²) in [7, 11) is 0. The lowest BCUT2D eigenvalue weighted by molar-refractivity contribution is -0.117. The molecule has 0 heterocycles. The van der Waals surface area contributed by atoms with Crippen LogP contribution in [0.3, 0.4) is 0 Å². The van der Waals surface area contributed by atoms with Gasteiger partial charge in [-0.05, 0) is 49.1 Å². The predicted molar refractivity (Wildman–Crippen MR) is 103 cm³/mol. The molecule has 2 amide bonds. The van der Waals surface area contributed by atoms with Gasteiger partial charge in [-0.15, -0.1) is 0 Å². The molecule has 0 aromatic heterocycles. The number of benzene rings is 2. The first-order valence-electron chi connectivity index (χ1n) is 8.65. The fourth-order valence-corrected chi connectivity index (χ4v) is 2.98. The standard InChI is InChI=1S/C21H26N2O2/c1-5-18-10-7-9-16(3)21(18)23(17(4)24)13-12-20(25)22-19-11-6-8-15(2)14-19/h6-11,14H,5,12-13H2,1-4H3,(H,22,25). The van der Waals surface area contributed by atoms with Gasteiger partial charge in [0.05, 0.1) is 0 Å². The lowest BCUT2D eigenvalue weighted by atomic mass is 10.0. The zero-order valence-corrected chi connectivity index (χ0v) is 15.4. The average molecular weight is 338 g/mol. The molecule has 0 radical (unpaired) electrons. The van der Waals surface area contributed by atoms with Crippen molar-refractivity contribution in [2.24, 2.45) is 0 Å². The van der Waals surface area contributed by atoms with E-state index in [-0.39, 0.29) is 18.2 Å². The van der Waals surface area contributed by atoms with Crippen molar-refractivity contribution in [1.29, 1.82) is 0 Å². The van der Waals surface area contributed by atoms with Crippen LogP contribution in [0, 0.1) is 13.8 Å². The zero-order valence-electron chi connectivity index (χ0n) is 15.4. The van der Waals surface area contributed by atoms with E-state index in [1.54, 1.807) is 11.8 Å². The lowest BCUT2D eigenvalue weighted by Crippen LogP contribution is -2.33. The third kappa shape index (κ3) is 4.92. The second-order valence-corrected chi connectivity index (χ2v) is 6.27. The Balaban J connectivity index is 2.10. The minimum absolute atomic E-state index is 0.0487. The van der Waals surface area contributed by atoms with Gasteiger partial charge in [-0.25, -0.2) is 0 Å². The van der Waals surface area contributed by atoms with E-state index in [0.29, 0.717) is 6.54 Å². The largest absolute Gasteiger partial charge is 0.326 e. The maximum absolute atomic E-state index is 12.3. The van der Waals surface area contributed by atoms with Crippen LogP contribution in [0.25, 0.3) is 0 Å². The fraction of sp³-hybridized carbons (Fsp3) is 0.333. The topological polar surface area (TPSA) is 49.4 Å². The summed E-state index contributed by atoms with van der Waals surface area (Å²) in [5, 5.41) is 2.89. The molecule has 0 saturated carbocycles. The van der Waals surface area contributed by atoms with E-state index in [1.165, 1.54) is 0 Å². The van der Waals surface area contributed by atoms with E-state index in [4.69, 9.17) is 0 Å². The van der Waals surface area contributed by atoms with Crippen LogP contribution >= 0.6 is 0 Å². The van der Waals surface area contributed by atoms with Crippen molar-refractivity contribution in [1.82, 2.24) is 0 Å². The quantitative estimate of drug-likeness (QED) is 0.856. The van der Waals surface area contributed by atoms with Crippen LogP contribution in [0.2, 0.25) is 0 Å². The Kier molecular flexibility index (Phi) is 6.34. The number of carbonyl (C=O) groups excluding carboxylic acids is 2. The van der Waals surface area contributed by atoms with Crippen LogP contribution in [0.15, 0.2) is 42.5 Å². The maximum Gasteiger partial charge on any atom is 0.226 e. The number of hydrogen-bond donors (Lipinski definition) is 1. The Bertz CT molecular complexity index is 768. The molecule has 2 aromatic carbocycles. The first kappa shape index (κ1) is 18.7. The van der Waals surface area contributed by atoms with Crippen molar-refractivity contribution < 1.29 is 9.59 Å². The summed E-state index contributed by atoms with van der Waals surface area (Å²) in [5.41, 5.74) is 4.98. The molecule has 0 fully saturated rings. The van der Waals surface area contributed by atoms with E-state index in [2.05, 4.69) is 12.2 Å². The summed E-state index contributed by atoms with van der Waals surface area (Å²) < 4.78 is 0. The zero-order chi connectivity index (χ0) is 18.4. The number of rotatable bonds is 6. The summed E-state index contributed by atoms with van der Waals surface area (Å²) in [5.74, 6) is -0.143. The van der Waals surface area contributed by atoms with Gasteiger partial charge in [0.1, 0.15) is 0 Å². The highest BCUT2D eigenvalue weighted by Crippen LogP contribution is 2.26. The second kappa shape index (κ2) is 8.47. The molecule has 4 heteroatoms. The molecule has 0 aliphatic rings. The van der Waals surface area contributed by atoms with Gasteiger partial charge in [0, 0.05) is 31.3 Å². The van der Waals surface area contributed by atoms with E-state index in [1.807, 2.05) is 56.3 Å². The summed E-state index contributed by atoms with van der Waals surface area (Å²) in [6, 6.07) is 13.7. The number of para-hydroxylation sites is 1. The third-order valence-corrected chi connectivity index (χ3v) is 4.22. The van der Waals surface area contributed by atoms with Crippen molar-refractivity contribution in [3.8, 4) is 0 Å². The number of aryl methyl sites for hydroxylation is 3. The summed E-state index contributed by atoms with van der Waals surface area (Å²) in [6.07, 6.45) is 1.10. The van der Waals surface area contributed by atoms with Crippen molar-refractivity contribution in [3.05, 3.63) is 59.2 Å². The molecule has 0 unspecified atom stereocenters. The number of anilines is 2. The van der Waals surface area contributed by atoms with Crippen molar-refractivity contribution in [2.75, 3.05) is 16.8 Å². The fourth-order valence-electron chi connectivity index (χ4n) is 2.98. The summed E-state index contributed by atoms with van der Waals surface area (Å²) >= 11 is 0. The normalized spacial score (nSPS) is 10.4. The Labute approximate surface area is 149 Å². The molecule has 0 aliphatic heterocycles. The molecule has 25 heavy (non-hydrogen) atoms. The van der Waals surface area contributed by atoms with E-state index in [0.717, 1.165) is 34.5 Å². The van der Waals surface area contributed by atoms with Crippen LogP contribution in [0.4, 0.5) is 11.4 Å². The molecule has 2 rings (SSSR count).